The van der Waals surface area contributed by atoms with Crippen molar-refractivity contribution in [2.45, 2.75) is 13.0 Å². The van der Waals surface area contributed by atoms with E-state index in [1.165, 1.54) is 18.2 Å². The lowest BCUT2D eigenvalue weighted by atomic mass is 10.1. The number of carbonyl (C=O) groups excluding carboxylic acids is 1. The van der Waals surface area contributed by atoms with E-state index in [1.807, 2.05) is 25.1 Å². The van der Waals surface area contributed by atoms with Crippen molar-refractivity contribution in [2.75, 3.05) is 0 Å². The Morgan fingerprint density at radius 2 is 2.00 bits per heavy atom. The standard InChI is InChI=1S/C15H12BrClFNO/c1-9(11-4-2-3-5-14(11)17)19-15(20)12-8-10(18)6-7-13(12)16/h2-9H,1H3,(H,19,20). The second kappa shape index (κ2) is 6.37. The first-order chi connectivity index (χ1) is 9.49. The van der Waals surface area contributed by atoms with Crippen LogP contribution in [0.5, 0.6) is 0 Å². The maximum Gasteiger partial charge on any atom is 0.253 e. The zero-order valence-corrected chi connectivity index (χ0v) is 13.0. The number of hydrogen-bond donors (Lipinski definition) is 1. The minimum Gasteiger partial charge on any atom is -0.345 e. The first kappa shape index (κ1) is 15.0. The zero-order chi connectivity index (χ0) is 14.7. The van der Waals surface area contributed by atoms with Gasteiger partial charge in [-0.3, -0.25) is 4.79 Å². The van der Waals surface area contributed by atoms with Gasteiger partial charge in [-0.1, -0.05) is 29.8 Å². The molecule has 0 aromatic heterocycles. The van der Waals surface area contributed by atoms with Crippen LogP contribution in [-0.4, -0.2) is 5.91 Å². The number of hydrogen-bond acceptors (Lipinski definition) is 1. The summed E-state index contributed by atoms with van der Waals surface area (Å²) >= 11 is 9.32. The Labute approximate surface area is 130 Å². The summed E-state index contributed by atoms with van der Waals surface area (Å²) in [6.45, 7) is 1.83. The van der Waals surface area contributed by atoms with E-state index in [1.54, 1.807) is 6.07 Å². The summed E-state index contributed by atoms with van der Waals surface area (Å²) in [7, 11) is 0. The van der Waals surface area contributed by atoms with E-state index in [9.17, 15) is 9.18 Å². The summed E-state index contributed by atoms with van der Waals surface area (Å²) in [6, 6.07) is 11.0. The van der Waals surface area contributed by atoms with Gasteiger partial charge >= 0.3 is 0 Å². The van der Waals surface area contributed by atoms with Gasteiger partial charge in [-0.2, -0.15) is 0 Å². The molecule has 2 aromatic rings. The third-order valence-corrected chi connectivity index (χ3v) is 3.93. The average molecular weight is 357 g/mol. The Bertz CT molecular complexity index is 648. The van der Waals surface area contributed by atoms with Crippen molar-refractivity contribution in [1.82, 2.24) is 5.32 Å². The van der Waals surface area contributed by atoms with Crippen molar-refractivity contribution in [3.05, 3.63) is 68.9 Å². The van der Waals surface area contributed by atoms with Crippen LogP contribution in [0.1, 0.15) is 28.9 Å². The van der Waals surface area contributed by atoms with Gasteiger partial charge in [0.25, 0.3) is 5.91 Å². The molecule has 2 nitrogen and oxygen atoms in total. The molecule has 0 aliphatic rings. The average Bonchev–Trinajstić information content (AvgIpc) is 2.41. The van der Waals surface area contributed by atoms with Crippen LogP contribution in [-0.2, 0) is 0 Å². The molecule has 0 heterocycles. The van der Waals surface area contributed by atoms with Gasteiger partial charge in [0.05, 0.1) is 11.6 Å². The van der Waals surface area contributed by atoms with Crippen LogP contribution in [0.25, 0.3) is 0 Å². The summed E-state index contributed by atoms with van der Waals surface area (Å²) < 4.78 is 13.8. The number of amides is 1. The fourth-order valence-electron chi connectivity index (χ4n) is 1.85. The zero-order valence-electron chi connectivity index (χ0n) is 10.7. The van der Waals surface area contributed by atoms with Crippen molar-refractivity contribution in [1.29, 1.82) is 0 Å². The largest absolute Gasteiger partial charge is 0.345 e. The molecule has 1 unspecified atom stereocenters. The van der Waals surface area contributed by atoms with Crippen LogP contribution in [0.4, 0.5) is 4.39 Å². The van der Waals surface area contributed by atoms with Crippen molar-refractivity contribution in [3.8, 4) is 0 Å². The van der Waals surface area contributed by atoms with Gasteiger partial charge in [0.1, 0.15) is 5.82 Å². The molecule has 0 saturated heterocycles. The topological polar surface area (TPSA) is 29.1 Å². The molecule has 0 saturated carbocycles. The molecular weight excluding hydrogens is 345 g/mol. The molecule has 0 spiro atoms. The van der Waals surface area contributed by atoms with E-state index in [2.05, 4.69) is 21.2 Å². The molecule has 0 aliphatic heterocycles. The summed E-state index contributed by atoms with van der Waals surface area (Å²) in [5, 5.41) is 3.38. The first-order valence-corrected chi connectivity index (χ1v) is 7.16. The van der Waals surface area contributed by atoms with Gasteiger partial charge < -0.3 is 5.32 Å². The SMILES string of the molecule is CC(NC(=O)c1cc(F)ccc1Br)c1ccccc1Cl. The lowest BCUT2D eigenvalue weighted by Gasteiger charge is -2.16. The van der Waals surface area contributed by atoms with E-state index in [4.69, 9.17) is 11.6 Å². The molecule has 104 valence electrons. The van der Waals surface area contributed by atoms with Crippen LogP contribution < -0.4 is 5.32 Å². The molecule has 0 bridgehead atoms. The Kier molecular flexibility index (Phi) is 4.78. The van der Waals surface area contributed by atoms with Crippen LogP contribution in [0, 0.1) is 5.82 Å². The molecule has 0 fully saturated rings. The molecule has 1 N–H and O–H groups in total. The third-order valence-electron chi connectivity index (χ3n) is 2.89. The molecule has 20 heavy (non-hydrogen) atoms. The highest BCUT2D eigenvalue weighted by Gasteiger charge is 2.16. The summed E-state index contributed by atoms with van der Waals surface area (Å²) in [5.74, 6) is -0.812. The highest BCUT2D eigenvalue weighted by molar-refractivity contribution is 9.10. The van der Waals surface area contributed by atoms with E-state index < -0.39 is 5.82 Å². The van der Waals surface area contributed by atoms with Gasteiger partial charge in [0, 0.05) is 9.50 Å². The summed E-state index contributed by atoms with van der Waals surface area (Å²) in [4.78, 5) is 12.2. The van der Waals surface area contributed by atoms with E-state index in [-0.39, 0.29) is 17.5 Å². The van der Waals surface area contributed by atoms with Crippen LogP contribution in [0.2, 0.25) is 5.02 Å². The normalized spacial score (nSPS) is 12.0. The highest BCUT2D eigenvalue weighted by Crippen LogP contribution is 2.23. The molecule has 5 heteroatoms. The summed E-state index contributed by atoms with van der Waals surface area (Å²) in [5.41, 5.74) is 1.07. The smallest absolute Gasteiger partial charge is 0.253 e. The maximum atomic E-state index is 13.2. The van der Waals surface area contributed by atoms with Crippen molar-refractivity contribution in [3.63, 3.8) is 0 Å². The van der Waals surface area contributed by atoms with Crippen molar-refractivity contribution >= 4 is 33.4 Å². The lowest BCUT2D eigenvalue weighted by Crippen LogP contribution is -2.27. The van der Waals surface area contributed by atoms with Crippen LogP contribution in [0.15, 0.2) is 46.9 Å². The maximum absolute atomic E-state index is 13.2. The Morgan fingerprint density at radius 3 is 2.70 bits per heavy atom. The first-order valence-electron chi connectivity index (χ1n) is 5.99. The van der Waals surface area contributed by atoms with E-state index in [0.29, 0.717) is 9.50 Å². The van der Waals surface area contributed by atoms with Gasteiger partial charge in [0.15, 0.2) is 0 Å². The number of rotatable bonds is 3. The van der Waals surface area contributed by atoms with Crippen molar-refractivity contribution < 1.29 is 9.18 Å². The Balaban J connectivity index is 2.20. The second-order valence-electron chi connectivity index (χ2n) is 4.34. The van der Waals surface area contributed by atoms with Gasteiger partial charge in [-0.15, -0.1) is 0 Å². The monoisotopic (exact) mass is 355 g/mol. The van der Waals surface area contributed by atoms with E-state index >= 15 is 0 Å². The van der Waals surface area contributed by atoms with Gasteiger partial charge in [-0.25, -0.2) is 4.39 Å². The molecule has 1 amide bonds. The molecule has 2 rings (SSSR count). The molecular formula is C15H12BrClFNO. The number of benzene rings is 2. The second-order valence-corrected chi connectivity index (χ2v) is 5.60. The quantitative estimate of drug-likeness (QED) is 0.846. The third kappa shape index (κ3) is 3.38. The number of carbonyl (C=O) groups is 1. The fourth-order valence-corrected chi connectivity index (χ4v) is 2.58. The number of halogens is 3. The van der Waals surface area contributed by atoms with Crippen LogP contribution >= 0.6 is 27.5 Å². The molecule has 0 radical (unpaired) electrons. The Morgan fingerprint density at radius 1 is 1.30 bits per heavy atom. The molecule has 1 atom stereocenters. The minimum absolute atomic E-state index is 0.254. The fraction of sp³-hybridized carbons (Fsp3) is 0.133. The molecule has 0 aliphatic carbocycles. The molecule has 2 aromatic carbocycles. The van der Waals surface area contributed by atoms with E-state index in [0.717, 1.165) is 5.56 Å². The van der Waals surface area contributed by atoms with Crippen LogP contribution in [0.3, 0.4) is 0 Å². The van der Waals surface area contributed by atoms with Gasteiger partial charge in [0.2, 0.25) is 0 Å². The predicted octanol–water partition coefficient (Wildman–Crippen LogP) is 4.73. The summed E-state index contributed by atoms with van der Waals surface area (Å²) in [6.07, 6.45) is 0. The lowest BCUT2D eigenvalue weighted by molar-refractivity contribution is 0.0938. The predicted molar refractivity (Wildman–Crippen MR) is 81.4 cm³/mol. The van der Waals surface area contributed by atoms with Gasteiger partial charge in [-0.05, 0) is 52.7 Å². The minimum atomic E-state index is -0.455. The van der Waals surface area contributed by atoms with Crippen molar-refractivity contribution in [2.24, 2.45) is 0 Å². The Hall–Kier alpha value is -1.39. The number of nitrogens with one attached hydrogen (secondary N) is 1. The highest BCUT2D eigenvalue weighted by atomic mass is 79.9.